The molecule has 212 valence electrons. The first-order valence-electron chi connectivity index (χ1n) is 15.1. The van der Waals surface area contributed by atoms with Crippen LogP contribution in [0.25, 0.3) is 0 Å². The Hall–Kier alpha value is 0.0300. The predicted octanol–water partition coefficient (Wildman–Crippen LogP) is 7.85. The first kappa shape index (κ1) is 35.0. The van der Waals surface area contributed by atoms with Gasteiger partial charge in [-0.25, -0.2) is 4.57 Å². The molecule has 0 aliphatic heterocycles. The first-order valence-corrected chi connectivity index (χ1v) is 16.6. The van der Waals surface area contributed by atoms with Crippen molar-refractivity contribution in [2.24, 2.45) is 0 Å². The quantitative estimate of drug-likeness (QED) is 0.0623. The number of nitrogens with one attached hydrogen (secondary N) is 1. The third-order valence-corrected chi connectivity index (χ3v) is 8.59. The van der Waals surface area contributed by atoms with Crippen molar-refractivity contribution in [1.29, 1.82) is 0 Å². The Balaban J connectivity index is 3.39. The normalized spacial score (nSPS) is 13.9. The smallest absolute Gasteiger partial charge is 0.322 e. The second kappa shape index (κ2) is 24.4. The number of likely N-dealkylation sites (N-methyl/N-ethyl adjacent to an activating group) is 1. The highest BCUT2D eigenvalue weighted by Crippen LogP contribution is 2.42. The molecule has 0 aromatic carbocycles. The number of phosphoric ester groups is 1. The molecule has 35 heavy (non-hydrogen) atoms. The topological polar surface area (TPSA) is 67.8 Å². The zero-order valence-electron chi connectivity index (χ0n) is 24.0. The highest BCUT2D eigenvalue weighted by atomic mass is 31.2. The van der Waals surface area contributed by atoms with E-state index in [0.717, 1.165) is 43.6 Å². The van der Waals surface area contributed by atoms with Crippen molar-refractivity contribution >= 4 is 7.82 Å². The Bertz CT molecular complexity index is 481. The predicted molar refractivity (Wildman–Crippen MR) is 151 cm³/mol. The van der Waals surface area contributed by atoms with Gasteiger partial charge in [0.2, 0.25) is 0 Å². The van der Waals surface area contributed by atoms with Gasteiger partial charge < -0.3 is 14.7 Å². The lowest BCUT2D eigenvalue weighted by molar-refractivity contribution is -0.923. The fourth-order valence-electron chi connectivity index (χ4n) is 4.69. The molecule has 0 rings (SSSR count). The largest absolute Gasteiger partial charge is 0.472 e. The van der Waals surface area contributed by atoms with E-state index in [0.29, 0.717) is 6.54 Å². The van der Waals surface area contributed by atoms with Crippen LogP contribution in [0.3, 0.4) is 0 Å². The number of nitrogens with zero attached hydrogens (tertiary/aromatic N) is 1. The summed E-state index contributed by atoms with van der Waals surface area (Å²) in [5.41, 5.74) is 0. The van der Waals surface area contributed by atoms with E-state index in [1.54, 1.807) is 0 Å². The van der Waals surface area contributed by atoms with E-state index >= 15 is 0 Å². The number of unbranched alkanes of at least 4 members (excludes halogenated alkanes) is 15. The number of phosphoric acid groups is 1. The monoisotopic (exact) mass is 521 g/mol. The molecule has 0 aliphatic rings. The summed E-state index contributed by atoms with van der Waals surface area (Å²) in [7, 11) is -3.95. The summed E-state index contributed by atoms with van der Waals surface area (Å²) in [5.74, 6) is 0. The molecule has 0 aliphatic carbocycles. The molecule has 0 amide bonds. The van der Waals surface area contributed by atoms with Crippen LogP contribution >= 0.6 is 7.82 Å². The average molecular weight is 522 g/mol. The molecule has 0 saturated carbocycles. The zero-order chi connectivity index (χ0) is 26.1. The third kappa shape index (κ3) is 21.8. The standard InChI is InChI=1S/C28H61N2O4P/c1-5-9-10-11-12-13-14-15-16-17-18-19-20-21-22-23-24-29-25-27-33-35(31,32)34-28-26-30(6-2,7-3)8-4/h29H,5-28H2,1-4H3/p+1. The number of rotatable bonds is 28. The molecule has 0 bridgehead atoms. The highest BCUT2D eigenvalue weighted by molar-refractivity contribution is 7.47. The minimum atomic E-state index is -3.95. The lowest BCUT2D eigenvalue weighted by Crippen LogP contribution is -2.49. The number of hydrogen-bond acceptors (Lipinski definition) is 4. The van der Waals surface area contributed by atoms with Crippen molar-refractivity contribution in [3.63, 3.8) is 0 Å². The van der Waals surface area contributed by atoms with Gasteiger partial charge in [-0.1, -0.05) is 103 Å². The minimum Gasteiger partial charge on any atom is -0.322 e. The van der Waals surface area contributed by atoms with Gasteiger partial charge in [-0.3, -0.25) is 9.05 Å². The van der Waals surface area contributed by atoms with Gasteiger partial charge in [-0.15, -0.1) is 0 Å². The van der Waals surface area contributed by atoms with Gasteiger partial charge in [0.05, 0.1) is 26.2 Å². The van der Waals surface area contributed by atoms with Gasteiger partial charge in [0, 0.05) is 6.54 Å². The maximum Gasteiger partial charge on any atom is 0.472 e. The van der Waals surface area contributed by atoms with Gasteiger partial charge in [0.15, 0.2) is 0 Å². The Morgan fingerprint density at radius 3 is 1.43 bits per heavy atom. The molecule has 6 nitrogen and oxygen atoms in total. The average Bonchev–Trinajstić information content (AvgIpc) is 2.85. The van der Waals surface area contributed by atoms with Crippen LogP contribution in [-0.4, -0.2) is 61.9 Å². The fourth-order valence-corrected chi connectivity index (χ4v) is 5.40. The van der Waals surface area contributed by atoms with E-state index in [4.69, 9.17) is 9.05 Å². The van der Waals surface area contributed by atoms with Crippen molar-refractivity contribution in [3.05, 3.63) is 0 Å². The molecule has 1 atom stereocenters. The molecular weight excluding hydrogens is 459 g/mol. The van der Waals surface area contributed by atoms with Crippen LogP contribution in [0.1, 0.15) is 130 Å². The Labute approximate surface area is 219 Å². The van der Waals surface area contributed by atoms with Crippen LogP contribution in [0.5, 0.6) is 0 Å². The second-order valence-corrected chi connectivity index (χ2v) is 11.7. The second-order valence-electron chi connectivity index (χ2n) is 10.2. The van der Waals surface area contributed by atoms with Gasteiger partial charge >= 0.3 is 7.82 Å². The van der Waals surface area contributed by atoms with E-state index < -0.39 is 7.82 Å². The summed E-state index contributed by atoms with van der Waals surface area (Å²) in [5, 5.41) is 3.30. The molecule has 7 heteroatoms. The third-order valence-electron chi connectivity index (χ3n) is 7.57. The van der Waals surface area contributed by atoms with E-state index in [1.165, 1.54) is 96.3 Å². The molecule has 0 aromatic heterocycles. The van der Waals surface area contributed by atoms with Crippen molar-refractivity contribution < 1.29 is 23.0 Å². The minimum absolute atomic E-state index is 0.196. The van der Waals surface area contributed by atoms with E-state index in [1.807, 2.05) is 0 Å². The summed E-state index contributed by atoms with van der Waals surface area (Å²) in [6.45, 7) is 14.4. The Morgan fingerprint density at radius 1 is 0.600 bits per heavy atom. The van der Waals surface area contributed by atoms with Crippen LogP contribution in [0.2, 0.25) is 0 Å². The van der Waals surface area contributed by atoms with Crippen LogP contribution in [0.4, 0.5) is 0 Å². The molecule has 0 spiro atoms. The van der Waals surface area contributed by atoms with Crippen LogP contribution in [-0.2, 0) is 13.6 Å². The lowest BCUT2D eigenvalue weighted by atomic mass is 10.0. The maximum absolute atomic E-state index is 12.0. The summed E-state index contributed by atoms with van der Waals surface area (Å²) < 4.78 is 23.2. The lowest BCUT2D eigenvalue weighted by Gasteiger charge is -2.35. The molecule has 0 saturated heterocycles. The van der Waals surface area contributed by atoms with E-state index in [2.05, 4.69) is 33.0 Å². The summed E-state index contributed by atoms with van der Waals surface area (Å²) in [4.78, 5) is 9.86. The van der Waals surface area contributed by atoms with Crippen molar-refractivity contribution in [1.82, 2.24) is 5.32 Å². The Kier molecular flexibility index (Phi) is 24.4. The van der Waals surface area contributed by atoms with Crippen LogP contribution in [0, 0.1) is 0 Å². The first-order chi connectivity index (χ1) is 16.9. The van der Waals surface area contributed by atoms with Crippen molar-refractivity contribution in [2.75, 3.05) is 52.5 Å². The van der Waals surface area contributed by atoms with E-state index in [-0.39, 0.29) is 13.2 Å². The molecule has 0 fully saturated rings. The van der Waals surface area contributed by atoms with Crippen molar-refractivity contribution in [3.8, 4) is 0 Å². The van der Waals surface area contributed by atoms with Crippen molar-refractivity contribution in [2.45, 2.75) is 130 Å². The summed E-state index contributed by atoms with van der Waals surface area (Å²) >= 11 is 0. The highest BCUT2D eigenvalue weighted by Gasteiger charge is 2.25. The van der Waals surface area contributed by atoms with Gasteiger partial charge in [0.25, 0.3) is 0 Å². The molecule has 0 radical (unpaired) electrons. The van der Waals surface area contributed by atoms with Crippen LogP contribution in [0.15, 0.2) is 0 Å². The zero-order valence-corrected chi connectivity index (χ0v) is 24.9. The molecule has 1 unspecified atom stereocenters. The molecule has 0 aromatic rings. The summed E-state index contributed by atoms with van der Waals surface area (Å²) in [6, 6.07) is 0. The number of hydrogen-bond donors (Lipinski definition) is 2. The number of quaternary nitrogens is 1. The van der Waals surface area contributed by atoms with Gasteiger partial charge in [-0.2, -0.15) is 0 Å². The van der Waals surface area contributed by atoms with E-state index in [9.17, 15) is 9.46 Å². The summed E-state index contributed by atoms with van der Waals surface area (Å²) in [6.07, 6.45) is 22.0. The molecule has 2 N–H and O–H groups in total. The SMILES string of the molecule is CCCCCCCCCCCCCCCCCCNCCOP(=O)(O)OCC[N+](CC)(CC)CC. The maximum atomic E-state index is 12.0. The van der Waals surface area contributed by atoms with Gasteiger partial charge in [0.1, 0.15) is 13.2 Å². The molecule has 0 heterocycles. The fraction of sp³-hybridized carbons (Fsp3) is 1.00. The van der Waals surface area contributed by atoms with Crippen LogP contribution < -0.4 is 5.32 Å². The Morgan fingerprint density at radius 2 is 1.00 bits per heavy atom. The van der Waals surface area contributed by atoms with Gasteiger partial charge in [-0.05, 0) is 33.7 Å². The molecular formula is C28H62N2O4P+.